The molecule has 0 radical (unpaired) electrons. The van der Waals surface area contributed by atoms with Crippen LogP contribution in [0.2, 0.25) is 0 Å². The molecule has 2 aromatic heterocycles. The van der Waals surface area contributed by atoms with E-state index < -0.39 is 5.91 Å². The molecule has 0 aliphatic carbocycles. The first-order chi connectivity index (χ1) is 9.24. The van der Waals surface area contributed by atoms with Crippen LogP contribution in [0.1, 0.15) is 21.7 Å². The Hall–Kier alpha value is -2.62. The standard InChI is InChI=1S/C15H12N2O2/c16-15(18)14-13-4-3-10(7-12(13)9-19-14)6-11-2-1-5-17-8-11/h1-5,7-9H,6H2,(H2,16,18). The number of amides is 1. The van der Waals surface area contributed by atoms with Crippen molar-refractivity contribution in [3.8, 4) is 0 Å². The Balaban J connectivity index is 1.97. The zero-order chi connectivity index (χ0) is 13.2. The number of aromatic nitrogens is 1. The first-order valence-electron chi connectivity index (χ1n) is 5.93. The van der Waals surface area contributed by atoms with Crippen LogP contribution in [0.3, 0.4) is 0 Å². The molecule has 1 amide bonds. The van der Waals surface area contributed by atoms with Gasteiger partial charge < -0.3 is 10.2 Å². The van der Waals surface area contributed by atoms with Crippen molar-refractivity contribution in [2.24, 2.45) is 5.73 Å². The lowest BCUT2D eigenvalue weighted by Crippen LogP contribution is -2.09. The van der Waals surface area contributed by atoms with E-state index in [-0.39, 0.29) is 5.76 Å². The normalized spacial score (nSPS) is 10.7. The minimum atomic E-state index is -0.546. The molecule has 0 atom stereocenters. The van der Waals surface area contributed by atoms with Crippen molar-refractivity contribution >= 4 is 16.7 Å². The Bertz CT molecular complexity index is 732. The van der Waals surface area contributed by atoms with Gasteiger partial charge in [0.25, 0.3) is 5.91 Å². The lowest BCUT2D eigenvalue weighted by atomic mass is 10.0. The number of hydrogen-bond donors (Lipinski definition) is 1. The third kappa shape index (κ3) is 2.20. The fourth-order valence-corrected chi connectivity index (χ4v) is 2.14. The maximum absolute atomic E-state index is 11.2. The quantitative estimate of drug-likeness (QED) is 0.778. The minimum absolute atomic E-state index is 0.211. The van der Waals surface area contributed by atoms with Crippen molar-refractivity contribution in [1.82, 2.24) is 4.98 Å². The van der Waals surface area contributed by atoms with Crippen LogP contribution in [0.15, 0.2) is 53.4 Å². The van der Waals surface area contributed by atoms with Crippen molar-refractivity contribution in [2.45, 2.75) is 6.42 Å². The Labute approximate surface area is 109 Å². The Morgan fingerprint density at radius 2 is 2.16 bits per heavy atom. The van der Waals surface area contributed by atoms with Gasteiger partial charge in [0.05, 0.1) is 6.26 Å². The number of benzene rings is 1. The van der Waals surface area contributed by atoms with E-state index in [4.69, 9.17) is 10.2 Å². The zero-order valence-electron chi connectivity index (χ0n) is 10.2. The SMILES string of the molecule is NC(=O)c1occ2cc(Cc3cccnc3)ccc12. The van der Waals surface area contributed by atoms with E-state index >= 15 is 0 Å². The van der Waals surface area contributed by atoms with E-state index in [1.54, 1.807) is 12.5 Å². The van der Waals surface area contributed by atoms with Crippen molar-refractivity contribution in [3.63, 3.8) is 0 Å². The van der Waals surface area contributed by atoms with E-state index in [1.165, 1.54) is 0 Å². The molecule has 0 fully saturated rings. The third-order valence-electron chi connectivity index (χ3n) is 3.02. The Kier molecular flexibility index (Phi) is 2.76. The summed E-state index contributed by atoms with van der Waals surface area (Å²) in [7, 11) is 0. The van der Waals surface area contributed by atoms with Crippen LogP contribution < -0.4 is 5.73 Å². The third-order valence-corrected chi connectivity index (χ3v) is 3.02. The predicted octanol–water partition coefficient (Wildman–Crippen LogP) is 2.52. The molecule has 0 unspecified atom stereocenters. The molecule has 3 rings (SSSR count). The smallest absolute Gasteiger partial charge is 0.285 e. The summed E-state index contributed by atoms with van der Waals surface area (Å²) in [6.07, 6.45) is 5.94. The van der Waals surface area contributed by atoms with Gasteiger partial charge in [-0.25, -0.2) is 0 Å². The summed E-state index contributed by atoms with van der Waals surface area (Å²) in [6, 6.07) is 9.78. The zero-order valence-corrected chi connectivity index (χ0v) is 10.2. The van der Waals surface area contributed by atoms with Crippen molar-refractivity contribution < 1.29 is 9.21 Å². The van der Waals surface area contributed by atoms with Gasteiger partial charge in [-0.1, -0.05) is 18.2 Å². The highest BCUT2D eigenvalue weighted by Crippen LogP contribution is 2.23. The van der Waals surface area contributed by atoms with E-state index in [9.17, 15) is 4.79 Å². The van der Waals surface area contributed by atoms with Crippen LogP contribution >= 0.6 is 0 Å². The van der Waals surface area contributed by atoms with Crippen molar-refractivity contribution in [1.29, 1.82) is 0 Å². The van der Waals surface area contributed by atoms with Gasteiger partial charge >= 0.3 is 0 Å². The van der Waals surface area contributed by atoms with Gasteiger partial charge in [0.2, 0.25) is 0 Å². The number of furan rings is 1. The fourth-order valence-electron chi connectivity index (χ4n) is 2.14. The van der Waals surface area contributed by atoms with Crippen LogP contribution in [0, 0.1) is 0 Å². The fraction of sp³-hybridized carbons (Fsp3) is 0.0667. The molecular weight excluding hydrogens is 240 g/mol. The summed E-state index contributed by atoms with van der Waals surface area (Å²) >= 11 is 0. The Morgan fingerprint density at radius 1 is 1.26 bits per heavy atom. The topological polar surface area (TPSA) is 69.1 Å². The Morgan fingerprint density at radius 3 is 2.89 bits per heavy atom. The largest absolute Gasteiger partial charge is 0.458 e. The van der Waals surface area contributed by atoms with Crippen LogP contribution in [-0.2, 0) is 6.42 Å². The van der Waals surface area contributed by atoms with E-state index in [1.807, 2.05) is 36.5 Å². The molecule has 0 spiro atoms. The molecule has 0 aliphatic rings. The average Bonchev–Trinajstić information content (AvgIpc) is 2.83. The second-order valence-electron chi connectivity index (χ2n) is 4.39. The molecule has 3 aromatic rings. The number of rotatable bonds is 3. The van der Waals surface area contributed by atoms with Gasteiger partial charge in [0.1, 0.15) is 0 Å². The number of pyridine rings is 1. The van der Waals surface area contributed by atoms with Crippen molar-refractivity contribution in [3.05, 3.63) is 65.9 Å². The second kappa shape index (κ2) is 4.57. The maximum Gasteiger partial charge on any atom is 0.285 e. The van der Waals surface area contributed by atoms with E-state index in [0.29, 0.717) is 0 Å². The minimum Gasteiger partial charge on any atom is -0.458 e. The first kappa shape index (κ1) is 11.5. The van der Waals surface area contributed by atoms with Crippen LogP contribution in [0.25, 0.3) is 10.8 Å². The number of hydrogen-bond acceptors (Lipinski definition) is 3. The average molecular weight is 252 g/mol. The summed E-state index contributed by atoms with van der Waals surface area (Å²) in [4.78, 5) is 15.3. The van der Waals surface area contributed by atoms with Crippen LogP contribution in [0.5, 0.6) is 0 Å². The van der Waals surface area contributed by atoms with Crippen molar-refractivity contribution in [2.75, 3.05) is 0 Å². The number of fused-ring (bicyclic) bond motifs is 1. The van der Waals surface area contributed by atoms with E-state index in [0.717, 1.165) is 28.3 Å². The monoisotopic (exact) mass is 252 g/mol. The molecule has 0 bridgehead atoms. The number of nitrogens with zero attached hydrogens (tertiary/aromatic N) is 1. The predicted molar refractivity (Wildman–Crippen MR) is 71.8 cm³/mol. The lowest BCUT2D eigenvalue weighted by Gasteiger charge is -2.01. The molecule has 94 valence electrons. The summed E-state index contributed by atoms with van der Waals surface area (Å²) in [5, 5.41) is 1.64. The summed E-state index contributed by atoms with van der Waals surface area (Å²) in [5.41, 5.74) is 7.52. The molecule has 0 saturated carbocycles. The van der Waals surface area contributed by atoms with Gasteiger partial charge in [-0.2, -0.15) is 0 Å². The van der Waals surface area contributed by atoms with Gasteiger partial charge in [-0.3, -0.25) is 9.78 Å². The number of carbonyl (C=O) groups excluding carboxylic acids is 1. The highest BCUT2D eigenvalue weighted by Gasteiger charge is 2.11. The molecule has 1 aromatic carbocycles. The molecule has 4 heteroatoms. The van der Waals surface area contributed by atoms with Crippen LogP contribution in [0.4, 0.5) is 0 Å². The number of carbonyl (C=O) groups is 1. The van der Waals surface area contributed by atoms with Gasteiger partial charge in [0, 0.05) is 23.2 Å². The number of primary amides is 1. The molecule has 2 N–H and O–H groups in total. The van der Waals surface area contributed by atoms with Crippen LogP contribution in [-0.4, -0.2) is 10.9 Å². The molecular formula is C15H12N2O2. The number of nitrogens with two attached hydrogens (primary N) is 1. The van der Waals surface area contributed by atoms with Gasteiger partial charge in [-0.05, 0) is 29.7 Å². The highest BCUT2D eigenvalue weighted by atomic mass is 16.3. The first-order valence-corrected chi connectivity index (χ1v) is 5.93. The molecule has 4 nitrogen and oxygen atoms in total. The second-order valence-corrected chi connectivity index (χ2v) is 4.39. The molecule has 2 heterocycles. The maximum atomic E-state index is 11.2. The van der Waals surface area contributed by atoms with Gasteiger partial charge in [0.15, 0.2) is 5.76 Å². The highest BCUT2D eigenvalue weighted by molar-refractivity contribution is 6.04. The van der Waals surface area contributed by atoms with Gasteiger partial charge in [-0.15, -0.1) is 0 Å². The summed E-state index contributed by atoms with van der Waals surface area (Å²) < 4.78 is 5.19. The molecule has 19 heavy (non-hydrogen) atoms. The molecule has 0 aliphatic heterocycles. The summed E-state index contributed by atoms with van der Waals surface area (Å²) in [5.74, 6) is -0.335. The lowest BCUT2D eigenvalue weighted by molar-refractivity contribution is 0.0976. The summed E-state index contributed by atoms with van der Waals surface area (Å²) in [6.45, 7) is 0. The van der Waals surface area contributed by atoms with E-state index in [2.05, 4.69) is 4.98 Å². The molecule has 0 saturated heterocycles.